The molecule has 1 aliphatic rings. The maximum Gasteiger partial charge on any atom is 0.222 e. The first-order valence-electron chi connectivity index (χ1n) is 9.91. The van der Waals surface area contributed by atoms with Gasteiger partial charge in [-0.15, -0.1) is 0 Å². The van der Waals surface area contributed by atoms with E-state index < -0.39 is 9.84 Å². The topological polar surface area (TPSA) is 109 Å². The van der Waals surface area contributed by atoms with Crippen molar-refractivity contribution in [3.8, 4) is 5.75 Å². The van der Waals surface area contributed by atoms with Crippen molar-refractivity contribution in [1.82, 2.24) is 16.0 Å². The van der Waals surface area contributed by atoms with Crippen molar-refractivity contribution in [2.24, 2.45) is 4.99 Å². The third-order valence-electron chi connectivity index (χ3n) is 5.02. The highest BCUT2D eigenvalue weighted by atomic mass is 32.2. The number of aliphatic imine (C=N–C) groups is 1. The van der Waals surface area contributed by atoms with Crippen LogP contribution in [-0.4, -0.2) is 65.1 Å². The number of rotatable bonds is 9. The third-order valence-corrected chi connectivity index (χ3v) is 6.79. The Morgan fingerprint density at radius 3 is 2.52 bits per heavy atom. The molecule has 0 aromatic heterocycles. The molecule has 9 heteroatoms. The van der Waals surface area contributed by atoms with Crippen molar-refractivity contribution < 1.29 is 17.9 Å². The largest absolute Gasteiger partial charge is 0.497 e. The van der Waals surface area contributed by atoms with Gasteiger partial charge in [0.05, 0.1) is 18.6 Å². The first-order chi connectivity index (χ1) is 13.8. The highest BCUT2D eigenvalue weighted by molar-refractivity contribution is 7.91. The molecule has 1 aromatic rings. The number of nitrogens with one attached hydrogen (secondary N) is 3. The zero-order valence-electron chi connectivity index (χ0n) is 17.4. The van der Waals surface area contributed by atoms with E-state index >= 15 is 0 Å². The third kappa shape index (κ3) is 7.92. The van der Waals surface area contributed by atoms with Gasteiger partial charge >= 0.3 is 0 Å². The van der Waals surface area contributed by atoms with Crippen LogP contribution in [0, 0.1) is 0 Å². The maximum atomic E-state index is 12.0. The molecule has 1 aliphatic heterocycles. The minimum absolute atomic E-state index is 0.0434. The summed E-state index contributed by atoms with van der Waals surface area (Å²) in [5, 5.41) is 9.15. The average molecular weight is 425 g/mol. The van der Waals surface area contributed by atoms with Gasteiger partial charge in [-0.05, 0) is 36.5 Å². The van der Waals surface area contributed by atoms with Gasteiger partial charge in [-0.1, -0.05) is 19.1 Å². The van der Waals surface area contributed by atoms with Crippen LogP contribution in [0.4, 0.5) is 0 Å². The molecule has 2 atom stereocenters. The lowest BCUT2D eigenvalue weighted by atomic mass is 9.98. The molecule has 1 amide bonds. The number of methoxy groups -OCH3 is 1. The Balaban J connectivity index is 1.63. The summed E-state index contributed by atoms with van der Waals surface area (Å²) in [5.74, 6) is 1.93. The molecule has 0 bridgehead atoms. The van der Waals surface area contributed by atoms with Gasteiger partial charge in [0, 0.05) is 32.6 Å². The second-order valence-corrected chi connectivity index (χ2v) is 9.53. The molecule has 162 valence electrons. The number of guanidine groups is 1. The van der Waals surface area contributed by atoms with Crippen LogP contribution < -0.4 is 20.7 Å². The molecule has 0 radical (unpaired) electrons. The van der Waals surface area contributed by atoms with Crippen LogP contribution in [0.15, 0.2) is 29.3 Å². The monoisotopic (exact) mass is 424 g/mol. The Labute approximate surface area is 173 Å². The van der Waals surface area contributed by atoms with Crippen molar-refractivity contribution in [3.05, 3.63) is 29.8 Å². The number of sulfone groups is 1. The van der Waals surface area contributed by atoms with Crippen molar-refractivity contribution in [1.29, 1.82) is 0 Å². The smallest absolute Gasteiger partial charge is 0.222 e. The van der Waals surface area contributed by atoms with E-state index in [1.54, 1.807) is 14.2 Å². The van der Waals surface area contributed by atoms with Crippen LogP contribution in [-0.2, 0) is 14.6 Å². The van der Waals surface area contributed by atoms with Crippen molar-refractivity contribution >= 4 is 21.7 Å². The quantitative estimate of drug-likeness (QED) is 0.404. The number of benzene rings is 1. The average Bonchev–Trinajstić information content (AvgIpc) is 3.04. The van der Waals surface area contributed by atoms with E-state index in [1.807, 2.05) is 12.1 Å². The normalized spacial score (nSPS) is 19.4. The van der Waals surface area contributed by atoms with Crippen LogP contribution in [0.3, 0.4) is 0 Å². The molecular weight excluding hydrogens is 392 g/mol. The summed E-state index contributed by atoms with van der Waals surface area (Å²) >= 11 is 0. The van der Waals surface area contributed by atoms with E-state index in [0.29, 0.717) is 24.8 Å². The van der Waals surface area contributed by atoms with E-state index in [9.17, 15) is 13.2 Å². The van der Waals surface area contributed by atoms with Gasteiger partial charge in [-0.25, -0.2) is 8.42 Å². The molecular formula is C20H32N4O4S. The lowest BCUT2D eigenvalue weighted by Crippen LogP contribution is -2.41. The molecule has 0 spiro atoms. The van der Waals surface area contributed by atoms with Crippen LogP contribution in [0.5, 0.6) is 5.75 Å². The summed E-state index contributed by atoms with van der Waals surface area (Å²) < 4.78 is 28.1. The first-order valence-corrected chi connectivity index (χ1v) is 11.7. The molecule has 1 heterocycles. The molecule has 0 aliphatic carbocycles. The predicted octanol–water partition coefficient (Wildman–Crippen LogP) is 1.05. The number of ether oxygens (including phenoxy) is 1. The second-order valence-electron chi connectivity index (χ2n) is 7.31. The minimum atomic E-state index is -2.99. The summed E-state index contributed by atoms with van der Waals surface area (Å²) in [4.78, 5) is 16.1. The van der Waals surface area contributed by atoms with Crippen molar-refractivity contribution in [2.45, 2.75) is 38.1 Å². The Kier molecular flexibility index (Phi) is 8.75. The summed E-state index contributed by atoms with van der Waals surface area (Å²) in [5.41, 5.74) is 1.25. The Hall–Kier alpha value is -2.29. The summed E-state index contributed by atoms with van der Waals surface area (Å²) in [7, 11) is 0.357. The molecule has 8 nitrogen and oxygen atoms in total. The van der Waals surface area contributed by atoms with Gasteiger partial charge in [0.1, 0.15) is 5.75 Å². The minimum Gasteiger partial charge on any atom is -0.497 e. The van der Waals surface area contributed by atoms with Crippen LogP contribution in [0.25, 0.3) is 0 Å². The molecule has 29 heavy (non-hydrogen) atoms. The Morgan fingerprint density at radius 1 is 1.24 bits per heavy atom. The standard InChI is InChI=1S/C20H32N4O4S/c1-15(16-4-6-18(28-3)7-5-16)8-11-22-20(21-2)23-12-9-19(25)24-17-10-13-29(26,27)14-17/h4-7,15,17H,8-14H2,1-3H3,(H,24,25)(H2,21,22,23). The van der Waals surface area contributed by atoms with E-state index in [-0.39, 0.29) is 29.9 Å². The van der Waals surface area contributed by atoms with Gasteiger partial charge in [-0.3, -0.25) is 9.79 Å². The zero-order chi connectivity index (χ0) is 21.3. The van der Waals surface area contributed by atoms with Crippen LogP contribution in [0.1, 0.15) is 37.7 Å². The lowest BCUT2D eigenvalue weighted by molar-refractivity contribution is -0.121. The van der Waals surface area contributed by atoms with Crippen LogP contribution in [0.2, 0.25) is 0 Å². The fraction of sp³-hybridized carbons (Fsp3) is 0.600. The van der Waals surface area contributed by atoms with Crippen LogP contribution >= 0.6 is 0 Å². The van der Waals surface area contributed by atoms with Gasteiger partial charge in [-0.2, -0.15) is 0 Å². The Bertz CT molecular complexity index is 793. The zero-order valence-corrected chi connectivity index (χ0v) is 18.2. The predicted molar refractivity (Wildman–Crippen MR) is 115 cm³/mol. The van der Waals surface area contributed by atoms with Gasteiger partial charge < -0.3 is 20.7 Å². The number of carbonyl (C=O) groups excluding carboxylic acids is 1. The highest BCUT2D eigenvalue weighted by Crippen LogP contribution is 2.21. The fourth-order valence-corrected chi connectivity index (χ4v) is 4.90. The van der Waals surface area contributed by atoms with Gasteiger partial charge in [0.25, 0.3) is 0 Å². The maximum absolute atomic E-state index is 12.0. The van der Waals surface area contributed by atoms with Gasteiger partial charge in [0.2, 0.25) is 5.91 Å². The summed E-state index contributed by atoms with van der Waals surface area (Å²) in [6.45, 7) is 3.35. The molecule has 2 unspecified atom stereocenters. The van der Waals surface area contributed by atoms with E-state index in [4.69, 9.17) is 4.74 Å². The molecule has 1 saturated heterocycles. The number of nitrogens with zero attached hydrogens (tertiary/aromatic N) is 1. The van der Waals surface area contributed by atoms with E-state index in [1.165, 1.54) is 5.56 Å². The molecule has 2 rings (SSSR count). The van der Waals surface area contributed by atoms with Crippen molar-refractivity contribution in [3.63, 3.8) is 0 Å². The highest BCUT2D eigenvalue weighted by Gasteiger charge is 2.28. The summed E-state index contributed by atoms with van der Waals surface area (Å²) in [6.07, 6.45) is 1.69. The SMILES string of the molecule is CN=C(NCCC(=O)NC1CCS(=O)(=O)C1)NCCC(C)c1ccc(OC)cc1. The van der Waals surface area contributed by atoms with E-state index in [0.717, 1.165) is 18.7 Å². The van der Waals surface area contributed by atoms with Gasteiger partial charge in [0.15, 0.2) is 15.8 Å². The molecule has 1 fully saturated rings. The number of carbonyl (C=O) groups is 1. The molecule has 3 N–H and O–H groups in total. The number of amides is 1. The number of hydrogen-bond acceptors (Lipinski definition) is 5. The second kappa shape index (κ2) is 11.0. The first kappa shape index (κ1) is 23.0. The van der Waals surface area contributed by atoms with Crippen molar-refractivity contribution in [2.75, 3.05) is 38.8 Å². The molecule has 0 saturated carbocycles. The lowest BCUT2D eigenvalue weighted by Gasteiger charge is -2.16. The Morgan fingerprint density at radius 2 is 1.93 bits per heavy atom. The fourth-order valence-electron chi connectivity index (χ4n) is 3.23. The summed E-state index contributed by atoms with van der Waals surface area (Å²) in [6, 6.07) is 7.82. The molecule has 1 aromatic carbocycles. The van der Waals surface area contributed by atoms with E-state index in [2.05, 4.69) is 40.0 Å². The number of hydrogen-bond donors (Lipinski definition) is 3.